The molecule has 0 spiro atoms. The number of esters is 2. The third-order valence-corrected chi connectivity index (χ3v) is 3.75. The van der Waals surface area contributed by atoms with Crippen molar-refractivity contribution in [2.24, 2.45) is 0 Å². The zero-order valence-electron chi connectivity index (χ0n) is 18.6. The largest absolute Gasteiger partial charge is 0.497 e. The van der Waals surface area contributed by atoms with Crippen LogP contribution in [-0.4, -0.2) is 32.3 Å². The second-order valence-corrected chi connectivity index (χ2v) is 5.76. The van der Waals surface area contributed by atoms with Gasteiger partial charge >= 0.3 is 11.9 Å². The zero-order valence-corrected chi connectivity index (χ0v) is 15.6. The first-order valence-electron chi connectivity index (χ1n) is 10.3. The van der Waals surface area contributed by atoms with Crippen molar-refractivity contribution in [3.05, 3.63) is 66.7 Å². The Bertz CT molecular complexity index is 890. The molecule has 2 aromatic carbocycles. The van der Waals surface area contributed by atoms with Gasteiger partial charge in [-0.2, -0.15) is 0 Å². The van der Waals surface area contributed by atoms with Gasteiger partial charge in [-0.05, 0) is 67.8 Å². The Morgan fingerprint density at radius 1 is 0.964 bits per heavy atom. The van der Waals surface area contributed by atoms with Crippen LogP contribution < -0.4 is 14.2 Å². The van der Waals surface area contributed by atoms with E-state index < -0.39 is 24.5 Å². The second-order valence-electron chi connectivity index (χ2n) is 5.76. The standard InChI is InChI=1S/C22H24O6/c1-3-21(23)27-16-6-4-5-15-26-19-9-7-17(8-10-19)22(24)28-20-13-11-18(25-2)12-14-20/h3,7-14H,1,4-6,15-16H2,2H3/i1D2,3D. The van der Waals surface area contributed by atoms with Crippen molar-refractivity contribution in [3.63, 3.8) is 0 Å². The van der Waals surface area contributed by atoms with Gasteiger partial charge in [-0.3, -0.25) is 0 Å². The first-order chi connectivity index (χ1) is 14.9. The van der Waals surface area contributed by atoms with E-state index in [0.29, 0.717) is 35.8 Å². The molecule has 0 atom stereocenters. The number of rotatable bonds is 11. The molecule has 6 nitrogen and oxygen atoms in total. The van der Waals surface area contributed by atoms with E-state index >= 15 is 0 Å². The van der Waals surface area contributed by atoms with Crippen molar-refractivity contribution in [3.8, 4) is 17.2 Å². The summed E-state index contributed by atoms with van der Waals surface area (Å²) in [4.78, 5) is 23.5. The van der Waals surface area contributed by atoms with E-state index in [1.807, 2.05) is 0 Å². The number of carbonyl (C=O) groups is 2. The maximum absolute atomic E-state index is 12.2. The lowest BCUT2D eigenvalue weighted by Gasteiger charge is -2.08. The van der Waals surface area contributed by atoms with Crippen LogP contribution in [0.15, 0.2) is 61.1 Å². The lowest BCUT2D eigenvalue weighted by atomic mass is 10.2. The van der Waals surface area contributed by atoms with Crippen molar-refractivity contribution < 1.29 is 32.6 Å². The van der Waals surface area contributed by atoms with Crippen LogP contribution in [0.3, 0.4) is 0 Å². The zero-order chi connectivity index (χ0) is 22.6. The predicted molar refractivity (Wildman–Crippen MR) is 105 cm³/mol. The summed E-state index contributed by atoms with van der Waals surface area (Å²) in [7, 11) is 1.56. The summed E-state index contributed by atoms with van der Waals surface area (Å²) in [6.07, 6.45) is 2.06. The summed E-state index contributed by atoms with van der Waals surface area (Å²) < 4.78 is 41.7. The number of ether oxygens (including phenoxy) is 4. The Morgan fingerprint density at radius 2 is 1.61 bits per heavy atom. The van der Waals surface area contributed by atoms with Gasteiger partial charge < -0.3 is 18.9 Å². The van der Waals surface area contributed by atoms with Crippen LogP contribution in [0.4, 0.5) is 0 Å². The molecule has 6 heteroatoms. The molecule has 0 fully saturated rings. The van der Waals surface area contributed by atoms with Gasteiger partial charge in [0.25, 0.3) is 0 Å². The van der Waals surface area contributed by atoms with Gasteiger partial charge in [-0.25, -0.2) is 9.59 Å². The van der Waals surface area contributed by atoms with Gasteiger partial charge in [0.05, 0.1) is 30.0 Å². The first-order valence-corrected chi connectivity index (χ1v) is 8.81. The Morgan fingerprint density at radius 3 is 2.29 bits per heavy atom. The molecule has 0 N–H and O–H groups in total. The molecule has 0 saturated heterocycles. The van der Waals surface area contributed by atoms with E-state index in [0.717, 1.165) is 12.8 Å². The molecule has 0 amide bonds. The molecule has 0 aromatic heterocycles. The molecule has 0 unspecified atom stereocenters. The number of carbonyl (C=O) groups excluding carboxylic acids is 2. The second kappa shape index (κ2) is 11.4. The summed E-state index contributed by atoms with van der Waals surface area (Å²) in [5.41, 5.74) is 0.399. The first kappa shape index (κ1) is 16.9. The molecule has 2 aromatic rings. The normalized spacial score (nSPS) is 11.4. The molecule has 0 saturated carbocycles. The maximum Gasteiger partial charge on any atom is 0.343 e. The van der Waals surface area contributed by atoms with Crippen LogP contribution in [0.25, 0.3) is 0 Å². The molecule has 148 valence electrons. The van der Waals surface area contributed by atoms with Gasteiger partial charge in [0, 0.05) is 6.05 Å². The number of benzene rings is 2. The van der Waals surface area contributed by atoms with E-state index in [4.69, 9.17) is 23.1 Å². The Kier molecular flexibility index (Phi) is 6.89. The monoisotopic (exact) mass is 387 g/mol. The number of methoxy groups -OCH3 is 1. The Labute approximate surface area is 168 Å². The Hall–Kier alpha value is -3.28. The highest BCUT2D eigenvalue weighted by Gasteiger charge is 2.09. The van der Waals surface area contributed by atoms with E-state index in [-0.39, 0.29) is 6.61 Å². The predicted octanol–water partition coefficient (Wildman–Crippen LogP) is 4.19. The SMILES string of the molecule is [2H]C([2H])=C([2H])C(=O)OCCCCCOc1ccc(C(=O)Oc2ccc(OC)cc2)cc1. The molecule has 0 aliphatic rings. The fourth-order valence-corrected chi connectivity index (χ4v) is 2.27. The highest BCUT2D eigenvalue weighted by molar-refractivity contribution is 5.91. The fourth-order valence-electron chi connectivity index (χ4n) is 2.27. The molecule has 0 heterocycles. The van der Waals surface area contributed by atoms with Crippen LogP contribution >= 0.6 is 0 Å². The number of unbranched alkanes of at least 4 members (excludes halogenated alkanes) is 2. The van der Waals surface area contributed by atoms with Gasteiger partial charge in [0.2, 0.25) is 0 Å². The molecular formula is C22H24O6. The summed E-state index contributed by atoms with van der Waals surface area (Å²) >= 11 is 0. The minimum Gasteiger partial charge on any atom is -0.497 e. The molecule has 28 heavy (non-hydrogen) atoms. The third-order valence-electron chi connectivity index (χ3n) is 3.75. The average Bonchev–Trinajstić information content (AvgIpc) is 2.78. The molecule has 0 bridgehead atoms. The highest BCUT2D eigenvalue weighted by atomic mass is 16.5. The quantitative estimate of drug-likeness (QED) is 0.249. The van der Waals surface area contributed by atoms with E-state index in [1.54, 1.807) is 55.6 Å². The summed E-state index contributed by atoms with van der Waals surface area (Å²) in [5, 5.41) is 0. The average molecular weight is 387 g/mol. The van der Waals surface area contributed by atoms with Crippen molar-refractivity contribution in [1.82, 2.24) is 0 Å². The van der Waals surface area contributed by atoms with Crippen molar-refractivity contribution in [2.45, 2.75) is 19.3 Å². The van der Waals surface area contributed by atoms with Crippen molar-refractivity contribution in [1.29, 1.82) is 0 Å². The van der Waals surface area contributed by atoms with Gasteiger partial charge in [0.15, 0.2) is 0 Å². The minimum atomic E-state index is -0.957. The number of hydrogen-bond acceptors (Lipinski definition) is 6. The molecule has 2 rings (SSSR count). The number of hydrogen-bond donors (Lipinski definition) is 0. The van der Waals surface area contributed by atoms with E-state index in [9.17, 15) is 9.59 Å². The molecule has 0 aliphatic carbocycles. The van der Waals surface area contributed by atoms with Crippen LogP contribution in [-0.2, 0) is 9.53 Å². The van der Waals surface area contributed by atoms with Crippen LogP contribution in [0.5, 0.6) is 17.2 Å². The smallest absolute Gasteiger partial charge is 0.343 e. The fraction of sp³-hybridized carbons (Fsp3) is 0.273. The lowest BCUT2D eigenvalue weighted by molar-refractivity contribution is -0.137. The summed E-state index contributed by atoms with van der Waals surface area (Å²) in [6.45, 7) is -0.283. The van der Waals surface area contributed by atoms with Gasteiger partial charge in [0.1, 0.15) is 17.2 Å². The van der Waals surface area contributed by atoms with Crippen molar-refractivity contribution >= 4 is 11.9 Å². The van der Waals surface area contributed by atoms with Crippen LogP contribution in [0.1, 0.15) is 33.7 Å². The van der Waals surface area contributed by atoms with Gasteiger partial charge in [-0.1, -0.05) is 6.53 Å². The van der Waals surface area contributed by atoms with Gasteiger partial charge in [-0.15, -0.1) is 0 Å². The lowest BCUT2D eigenvalue weighted by Crippen LogP contribution is -2.08. The summed E-state index contributed by atoms with van der Waals surface area (Å²) in [6, 6.07) is 12.6. The highest BCUT2D eigenvalue weighted by Crippen LogP contribution is 2.19. The Balaban J connectivity index is 1.66. The molecule has 0 radical (unpaired) electrons. The van der Waals surface area contributed by atoms with E-state index in [2.05, 4.69) is 0 Å². The van der Waals surface area contributed by atoms with E-state index in [1.165, 1.54) is 0 Å². The van der Waals surface area contributed by atoms with Crippen LogP contribution in [0.2, 0.25) is 0 Å². The molecule has 0 aliphatic heterocycles. The molecular weight excluding hydrogens is 360 g/mol. The van der Waals surface area contributed by atoms with Crippen molar-refractivity contribution in [2.75, 3.05) is 20.3 Å². The third kappa shape index (κ3) is 7.15. The summed E-state index contributed by atoms with van der Waals surface area (Å²) in [5.74, 6) is 0.288. The topological polar surface area (TPSA) is 71.1 Å². The van der Waals surface area contributed by atoms with Crippen LogP contribution in [0, 0.1) is 0 Å². The maximum atomic E-state index is 12.2. The minimum absolute atomic E-state index is 0.125.